The molecule has 2 heterocycles. The Bertz CT molecular complexity index is 453. The molecular weight excluding hydrogens is 272 g/mol. The van der Waals surface area contributed by atoms with Crippen molar-refractivity contribution in [3.63, 3.8) is 0 Å². The Morgan fingerprint density at radius 2 is 2.14 bits per heavy atom. The second kappa shape index (κ2) is 6.03. The van der Waals surface area contributed by atoms with Gasteiger partial charge in [-0.25, -0.2) is 4.79 Å². The summed E-state index contributed by atoms with van der Waals surface area (Å²) >= 11 is 0. The molecular formula is C15H24N2O4. The summed E-state index contributed by atoms with van der Waals surface area (Å²) in [5.41, 5.74) is 0.336. The van der Waals surface area contributed by atoms with Gasteiger partial charge in [0, 0.05) is 18.4 Å². The highest BCUT2D eigenvalue weighted by molar-refractivity contribution is 6.39. The van der Waals surface area contributed by atoms with Crippen LogP contribution in [0.5, 0.6) is 0 Å². The summed E-state index contributed by atoms with van der Waals surface area (Å²) in [5.74, 6) is -0.521. The molecule has 2 aliphatic heterocycles. The van der Waals surface area contributed by atoms with Gasteiger partial charge in [0.25, 0.3) is 5.91 Å². The van der Waals surface area contributed by atoms with Crippen LogP contribution >= 0.6 is 0 Å². The van der Waals surface area contributed by atoms with Crippen LogP contribution in [0.25, 0.3) is 0 Å². The first-order valence-electron chi connectivity index (χ1n) is 7.55. The topological polar surface area (TPSA) is 68.2 Å². The van der Waals surface area contributed by atoms with Crippen molar-refractivity contribution in [2.24, 2.45) is 10.6 Å². The molecule has 0 aromatic carbocycles. The first-order valence-corrected chi connectivity index (χ1v) is 7.55. The van der Waals surface area contributed by atoms with Gasteiger partial charge in [-0.05, 0) is 19.8 Å². The van der Waals surface area contributed by atoms with E-state index in [1.54, 1.807) is 11.8 Å². The zero-order valence-corrected chi connectivity index (χ0v) is 13.2. The average Bonchev–Trinajstić information content (AvgIpc) is 3.07. The number of nitrogens with zero attached hydrogens (tertiary/aromatic N) is 2. The fraction of sp³-hybridized carbons (Fsp3) is 0.800. The molecule has 6 nitrogen and oxygen atoms in total. The number of oxime groups is 1. The van der Waals surface area contributed by atoms with Gasteiger partial charge in [0.2, 0.25) is 0 Å². The summed E-state index contributed by atoms with van der Waals surface area (Å²) < 4.78 is 5.04. The molecule has 1 fully saturated rings. The number of carbonyl (C=O) groups is 2. The van der Waals surface area contributed by atoms with Crippen LogP contribution in [-0.2, 0) is 19.2 Å². The lowest BCUT2D eigenvalue weighted by atomic mass is 9.86. The predicted octanol–water partition coefficient (Wildman–Crippen LogP) is 1.73. The molecule has 2 rings (SSSR count). The Morgan fingerprint density at radius 3 is 2.71 bits per heavy atom. The van der Waals surface area contributed by atoms with E-state index < -0.39 is 6.04 Å². The average molecular weight is 296 g/mol. The van der Waals surface area contributed by atoms with Gasteiger partial charge in [0.05, 0.1) is 6.61 Å². The number of esters is 1. The smallest absolute Gasteiger partial charge is 0.328 e. The quantitative estimate of drug-likeness (QED) is 0.744. The molecule has 0 saturated carbocycles. The van der Waals surface area contributed by atoms with Crippen molar-refractivity contribution in [2.75, 3.05) is 13.2 Å². The summed E-state index contributed by atoms with van der Waals surface area (Å²) in [4.78, 5) is 31.4. The molecule has 118 valence electrons. The third-order valence-electron chi connectivity index (χ3n) is 3.95. The monoisotopic (exact) mass is 296 g/mol. The number of carbonyl (C=O) groups excluding carboxylic acids is 2. The SMILES string of the molecule is CCOC(=O)[C@H]1CCCN1C(=O)C1=NOC(C(C)(C)C)C1. The molecule has 6 heteroatoms. The van der Waals surface area contributed by atoms with Gasteiger partial charge in [-0.3, -0.25) is 4.79 Å². The van der Waals surface area contributed by atoms with E-state index in [2.05, 4.69) is 25.9 Å². The van der Waals surface area contributed by atoms with Crippen molar-refractivity contribution in [1.29, 1.82) is 0 Å². The highest BCUT2D eigenvalue weighted by Gasteiger charge is 2.41. The van der Waals surface area contributed by atoms with E-state index in [1.807, 2.05) is 0 Å². The Balaban J connectivity index is 2.02. The summed E-state index contributed by atoms with van der Waals surface area (Å²) in [6.45, 7) is 8.82. The normalized spacial score (nSPS) is 25.5. The molecule has 0 spiro atoms. The fourth-order valence-corrected chi connectivity index (χ4v) is 2.63. The minimum absolute atomic E-state index is 0.0723. The van der Waals surface area contributed by atoms with Crippen LogP contribution in [0, 0.1) is 5.41 Å². The maximum absolute atomic E-state index is 12.5. The van der Waals surface area contributed by atoms with Crippen LogP contribution in [-0.4, -0.2) is 47.8 Å². The number of hydrogen-bond donors (Lipinski definition) is 0. The van der Waals surface area contributed by atoms with Crippen LogP contribution in [0.15, 0.2) is 5.16 Å². The van der Waals surface area contributed by atoms with E-state index in [0.717, 1.165) is 6.42 Å². The van der Waals surface area contributed by atoms with Crippen molar-refractivity contribution >= 4 is 17.6 Å². The van der Waals surface area contributed by atoms with Gasteiger partial charge in [-0.1, -0.05) is 25.9 Å². The third-order valence-corrected chi connectivity index (χ3v) is 3.95. The second-order valence-electron chi connectivity index (χ2n) is 6.61. The molecule has 0 aliphatic carbocycles. The van der Waals surface area contributed by atoms with Crippen molar-refractivity contribution in [2.45, 2.75) is 59.1 Å². The molecule has 0 N–H and O–H groups in total. The number of rotatable bonds is 3. The Hall–Kier alpha value is -1.59. The van der Waals surface area contributed by atoms with Crippen molar-refractivity contribution < 1.29 is 19.2 Å². The van der Waals surface area contributed by atoms with E-state index in [9.17, 15) is 9.59 Å². The van der Waals surface area contributed by atoms with E-state index in [-0.39, 0.29) is 23.4 Å². The Labute approximate surface area is 125 Å². The molecule has 0 aromatic heterocycles. The number of ether oxygens (including phenoxy) is 1. The summed E-state index contributed by atoms with van der Waals surface area (Å²) in [6, 6.07) is -0.478. The largest absolute Gasteiger partial charge is 0.464 e. The van der Waals surface area contributed by atoms with Crippen LogP contribution in [0.3, 0.4) is 0 Å². The molecule has 21 heavy (non-hydrogen) atoms. The molecule has 2 aliphatic rings. The van der Waals surface area contributed by atoms with E-state index in [0.29, 0.717) is 31.7 Å². The van der Waals surface area contributed by atoms with Crippen molar-refractivity contribution in [1.82, 2.24) is 4.90 Å². The van der Waals surface area contributed by atoms with Gasteiger partial charge in [0.15, 0.2) is 0 Å². The van der Waals surface area contributed by atoms with E-state index in [1.165, 1.54) is 0 Å². The minimum atomic E-state index is -0.478. The van der Waals surface area contributed by atoms with Gasteiger partial charge in [-0.15, -0.1) is 0 Å². The van der Waals surface area contributed by atoms with Gasteiger partial charge in [0.1, 0.15) is 17.9 Å². The molecule has 0 radical (unpaired) electrons. The number of likely N-dealkylation sites (tertiary alicyclic amines) is 1. The number of amides is 1. The lowest BCUT2D eigenvalue weighted by Gasteiger charge is -2.25. The third kappa shape index (κ3) is 3.36. The summed E-state index contributed by atoms with van der Waals surface area (Å²) in [7, 11) is 0. The lowest BCUT2D eigenvalue weighted by molar-refractivity contribution is -0.151. The lowest BCUT2D eigenvalue weighted by Crippen LogP contribution is -2.44. The molecule has 2 atom stereocenters. The molecule has 1 unspecified atom stereocenters. The Morgan fingerprint density at radius 1 is 1.43 bits per heavy atom. The van der Waals surface area contributed by atoms with Gasteiger partial charge in [-0.2, -0.15) is 0 Å². The van der Waals surface area contributed by atoms with Crippen LogP contribution in [0.2, 0.25) is 0 Å². The van der Waals surface area contributed by atoms with Crippen LogP contribution < -0.4 is 0 Å². The first kappa shape index (κ1) is 15.8. The van der Waals surface area contributed by atoms with Gasteiger partial charge < -0.3 is 14.5 Å². The highest BCUT2D eigenvalue weighted by atomic mass is 16.6. The zero-order chi connectivity index (χ0) is 15.6. The molecule has 0 bridgehead atoms. The zero-order valence-electron chi connectivity index (χ0n) is 13.2. The minimum Gasteiger partial charge on any atom is -0.464 e. The molecule has 1 amide bonds. The Kier molecular flexibility index (Phi) is 4.54. The number of hydrogen-bond acceptors (Lipinski definition) is 5. The summed E-state index contributed by atoms with van der Waals surface area (Å²) in [6.07, 6.45) is 1.86. The fourth-order valence-electron chi connectivity index (χ4n) is 2.63. The first-order chi connectivity index (χ1) is 9.84. The predicted molar refractivity (Wildman–Crippen MR) is 77.7 cm³/mol. The van der Waals surface area contributed by atoms with E-state index >= 15 is 0 Å². The van der Waals surface area contributed by atoms with Crippen molar-refractivity contribution in [3.8, 4) is 0 Å². The second-order valence-corrected chi connectivity index (χ2v) is 6.61. The van der Waals surface area contributed by atoms with E-state index in [4.69, 9.17) is 9.57 Å². The van der Waals surface area contributed by atoms with Crippen LogP contribution in [0.4, 0.5) is 0 Å². The molecule has 0 aromatic rings. The maximum Gasteiger partial charge on any atom is 0.328 e. The van der Waals surface area contributed by atoms with Gasteiger partial charge >= 0.3 is 5.97 Å². The standard InChI is InChI=1S/C15H24N2O4/c1-5-20-14(19)11-7-6-8-17(11)13(18)10-9-12(21-16-10)15(2,3)4/h11-12H,5-9H2,1-4H3/t11-,12?/m1/s1. The van der Waals surface area contributed by atoms with Crippen LogP contribution in [0.1, 0.15) is 47.0 Å². The highest BCUT2D eigenvalue weighted by Crippen LogP contribution is 2.30. The maximum atomic E-state index is 12.5. The molecule has 1 saturated heterocycles. The summed E-state index contributed by atoms with van der Waals surface area (Å²) in [5, 5.41) is 3.94. The van der Waals surface area contributed by atoms with Crippen molar-refractivity contribution in [3.05, 3.63) is 0 Å².